The molecular formula is C18H25BrFN3OS. The minimum absolute atomic E-state index is 0.272. The molecule has 0 amide bonds. The second-order valence-corrected chi connectivity index (χ2v) is 10.5. The Morgan fingerprint density at radius 3 is 2.36 bits per heavy atom. The number of aromatic nitrogens is 2. The predicted octanol–water partition coefficient (Wildman–Crippen LogP) is 4.54. The number of halogens is 2. The fourth-order valence-electron chi connectivity index (χ4n) is 2.27. The minimum Gasteiger partial charge on any atom is -0.598 e. The Morgan fingerprint density at radius 2 is 1.80 bits per heavy atom. The van der Waals surface area contributed by atoms with Crippen LogP contribution >= 0.6 is 15.9 Å². The average Bonchev–Trinajstić information content (AvgIpc) is 2.86. The van der Waals surface area contributed by atoms with E-state index in [1.807, 2.05) is 34.6 Å². The van der Waals surface area contributed by atoms with Gasteiger partial charge in [-0.2, -0.15) is 5.10 Å². The molecule has 1 atom stereocenters. The zero-order valence-corrected chi connectivity index (χ0v) is 17.7. The van der Waals surface area contributed by atoms with E-state index < -0.39 is 11.4 Å². The molecule has 25 heavy (non-hydrogen) atoms. The van der Waals surface area contributed by atoms with E-state index in [1.54, 1.807) is 23.0 Å². The molecule has 0 saturated carbocycles. The lowest BCUT2D eigenvalue weighted by molar-refractivity contribution is 0.410. The Balaban J connectivity index is 2.13. The Hall–Kier alpha value is -0.890. The van der Waals surface area contributed by atoms with Crippen LogP contribution in [0.1, 0.15) is 46.7 Å². The molecule has 0 saturated heterocycles. The molecule has 4 nitrogen and oxygen atoms in total. The molecule has 2 aromatic rings. The quantitative estimate of drug-likeness (QED) is 0.685. The number of nitrogens with zero attached hydrogens (tertiary/aromatic N) is 2. The third-order valence-electron chi connectivity index (χ3n) is 3.80. The van der Waals surface area contributed by atoms with Crippen molar-refractivity contribution < 1.29 is 8.94 Å². The van der Waals surface area contributed by atoms with Crippen molar-refractivity contribution in [1.82, 2.24) is 14.5 Å². The highest BCUT2D eigenvalue weighted by Gasteiger charge is 2.33. The van der Waals surface area contributed by atoms with Crippen molar-refractivity contribution in [3.63, 3.8) is 0 Å². The summed E-state index contributed by atoms with van der Waals surface area (Å²) in [5.74, 6) is -0.272. The lowest BCUT2D eigenvalue weighted by Gasteiger charge is -2.32. The molecule has 0 spiro atoms. The Labute approximate surface area is 160 Å². The molecule has 7 heteroatoms. The molecule has 1 aromatic heterocycles. The number of benzene rings is 1. The van der Waals surface area contributed by atoms with Crippen LogP contribution in [0.4, 0.5) is 4.39 Å². The van der Waals surface area contributed by atoms with E-state index in [0.29, 0.717) is 0 Å². The second kappa shape index (κ2) is 7.78. The number of rotatable bonds is 6. The van der Waals surface area contributed by atoms with E-state index in [1.165, 1.54) is 12.1 Å². The summed E-state index contributed by atoms with van der Waals surface area (Å²) in [7, 11) is 0. The first-order valence-corrected chi connectivity index (χ1v) is 10.1. The van der Waals surface area contributed by atoms with Crippen LogP contribution in [-0.2, 0) is 17.8 Å². The molecule has 1 heterocycles. The van der Waals surface area contributed by atoms with Crippen molar-refractivity contribution in [1.29, 1.82) is 0 Å². The van der Waals surface area contributed by atoms with Crippen molar-refractivity contribution in [2.24, 2.45) is 0 Å². The van der Waals surface area contributed by atoms with Gasteiger partial charge >= 0.3 is 0 Å². The van der Waals surface area contributed by atoms with Gasteiger partial charge in [-0.3, -0.25) is 0 Å². The molecular weight excluding hydrogens is 405 g/mol. The highest BCUT2D eigenvalue weighted by Crippen LogP contribution is 2.25. The maximum atomic E-state index is 13.2. The largest absolute Gasteiger partial charge is 0.598 e. The summed E-state index contributed by atoms with van der Waals surface area (Å²) in [5, 5.41) is 4.38. The zero-order valence-electron chi connectivity index (χ0n) is 15.3. The highest BCUT2D eigenvalue weighted by atomic mass is 79.9. The van der Waals surface area contributed by atoms with E-state index in [4.69, 9.17) is 0 Å². The van der Waals surface area contributed by atoms with E-state index >= 15 is 0 Å². The first-order valence-electron chi connectivity index (χ1n) is 8.18. The van der Waals surface area contributed by atoms with E-state index in [2.05, 4.69) is 25.8 Å². The normalized spacial score (nSPS) is 13.9. The van der Waals surface area contributed by atoms with Crippen molar-refractivity contribution in [3.05, 3.63) is 46.4 Å². The number of hydrogen-bond donors (Lipinski definition) is 1. The summed E-state index contributed by atoms with van der Waals surface area (Å²) in [4.78, 5) is 0. The Kier molecular flexibility index (Phi) is 6.35. The van der Waals surface area contributed by atoms with Crippen LogP contribution in [0, 0.1) is 5.82 Å². The zero-order chi connectivity index (χ0) is 18.8. The molecule has 138 valence electrons. The van der Waals surface area contributed by atoms with Crippen molar-refractivity contribution in [3.8, 4) is 5.69 Å². The summed E-state index contributed by atoms with van der Waals surface area (Å²) in [5.41, 5.74) is 1.52. The van der Waals surface area contributed by atoms with Crippen LogP contribution in [0.15, 0.2) is 34.9 Å². The molecule has 1 N–H and O–H groups in total. The average molecular weight is 430 g/mol. The summed E-state index contributed by atoms with van der Waals surface area (Å²) in [6.45, 7) is 9.94. The Bertz CT molecular complexity index is 710. The second-order valence-electron chi connectivity index (χ2n) is 7.69. The van der Waals surface area contributed by atoms with Crippen LogP contribution in [0.25, 0.3) is 5.69 Å². The van der Waals surface area contributed by atoms with E-state index in [-0.39, 0.29) is 16.1 Å². The Morgan fingerprint density at radius 1 is 1.20 bits per heavy atom. The molecule has 0 aliphatic carbocycles. The topological polar surface area (TPSA) is 52.9 Å². The molecule has 0 bridgehead atoms. The van der Waals surface area contributed by atoms with Gasteiger partial charge in [0.25, 0.3) is 0 Å². The van der Waals surface area contributed by atoms with Crippen LogP contribution in [0.3, 0.4) is 0 Å². The molecule has 0 fully saturated rings. The van der Waals surface area contributed by atoms with Gasteiger partial charge in [-0.25, -0.2) is 9.07 Å². The number of nitrogens with one attached hydrogen (secondary N) is 1. The van der Waals surface area contributed by atoms with Gasteiger partial charge in [-0.15, -0.1) is 4.72 Å². The summed E-state index contributed by atoms with van der Waals surface area (Å²) >= 11 is 2.41. The third-order valence-corrected chi connectivity index (χ3v) is 6.31. The summed E-state index contributed by atoms with van der Waals surface area (Å²) in [6, 6.07) is 6.26. The highest BCUT2D eigenvalue weighted by molar-refractivity contribution is 9.10. The summed E-state index contributed by atoms with van der Waals surface area (Å²) < 4.78 is 31.1. The van der Waals surface area contributed by atoms with E-state index in [9.17, 15) is 8.94 Å². The summed E-state index contributed by atoms with van der Waals surface area (Å²) in [6.07, 6.45) is 3.26. The fourth-order valence-corrected chi connectivity index (χ4v) is 3.64. The minimum atomic E-state index is -1.13. The molecule has 2 rings (SSSR count). The molecule has 0 radical (unpaired) electrons. The third kappa shape index (κ3) is 5.54. The van der Waals surface area contributed by atoms with Crippen LogP contribution in [-0.4, -0.2) is 24.6 Å². The first-order chi connectivity index (χ1) is 11.5. The number of hydrogen-bond acceptors (Lipinski definition) is 3. The fraction of sp³-hybridized carbons (Fsp3) is 0.500. The van der Waals surface area contributed by atoms with Gasteiger partial charge in [-0.05, 0) is 87.7 Å². The van der Waals surface area contributed by atoms with Crippen molar-refractivity contribution >= 4 is 27.3 Å². The van der Waals surface area contributed by atoms with Gasteiger partial charge in [-0.1, -0.05) is 0 Å². The molecule has 0 unspecified atom stereocenters. The lowest BCUT2D eigenvalue weighted by Crippen LogP contribution is -2.50. The lowest BCUT2D eigenvalue weighted by atomic mass is 9.99. The molecule has 1 aromatic carbocycles. The van der Waals surface area contributed by atoms with E-state index in [0.717, 1.165) is 28.7 Å². The van der Waals surface area contributed by atoms with Crippen LogP contribution in [0.5, 0.6) is 0 Å². The predicted molar refractivity (Wildman–Crippen MR) is 105 cm³/mol. The van der Waals surface area contributed by atoms with Gasteiger partial charge in [0.15, 0.2) is 0 Å². The maximum absolute atomic E-state index is 13.2. The van der Waals surface area contributed by atoms with Gasteiger partial charge in [0.2, 0.25) is 0 Å². The van der Waals surface area contributed by atoms with Gasteiger partial charge < -0.3 is 4.55 Å². The SMILES string of the molecule is CC(C)(CCc1c(Br)cnn1-c1ccc(F)cc1)N[S@+]([O-])C(C)(C)C. The van der Waals surface area contributed by atoms with Crippen molar-refractivity contribution in [2.75, 3.05) is 0 Å². The van der Waals surface area contributed by atoms with Crippen LogP contribution < -0.4 is 4.72 Å². The van der Waals surface area contributed by atoms with Crippen LogP contribution in [0.2, 0.25) is 0 Å². The van der Waals surface area contributed by atoms with Gasteiger partial charge in [0.05, 0.1) is 27.6 Å². The maximum Gasteiger partial charge on any atom is 0.136 e. The monoisotopic (exact) mass is 429 g/mol. The molecule has 0 aliphatic heterocycles. The molecule has 0 aliphatic rings. The standard InChI is InChI=1S/C18H25BrFN3OS/c1-17(2,3)25(24)22-18(4,5)11-10-16-15(19)12-21-23(16)14-8-6-13(20)7-9-14/h6-9,12,22H,10-11H2,1-5H3/t25-/m1/s1. The first kappa shape index (κ1) is 20.4. The van der Waals surface area contributed by atoms with Gasteiger partial charge in [0, 0.05) is 11.4 Å². The smallest absolute Gasteiger partial charge is 0.136 e. The van der Waals surface area contributed by atoms with Crippen molar-refractivity contribution in [2.45, 2.75) is 57.7 Å². The van der Waals surface area contributed by atoms with Gasteiger partial charge in [0.1, 0.15) is 10.6 Å².